The van der Waals surface area contributed by atoms with E-state index in [2.05, 4.69) is 39.0 Å². The van der Waals surface area contributed by atoms with Crippen molar-refractivity contribution in [3.8, 4) is 0 Å². The van der Waals surface area contributed by atoms with Crippen molar-refractivity contribution in [1.29, 1.82) is 0 Å². The first-order valence-electron chi connectivity index (χ1n) is 4.47. The molecule has 0 aliphatic heterocycles. The summed E-state index contributed by atoms with van der Waals surface area (Å²) in [5, 5.41) is 0. The average molecular weight is 200 g/mol. The molecule has 0 heterocycles. The van der Waals surface area contributed by atoms with E-state index in [9.17, 15) is 0 Å². The van der Waals surface area contributed by atoms with Gasteiger partial charge < -0.3 is 5.73 Å². The Morgan fingerprint density at radius 1 is 1.15 bits per heavy atom. The maximum absolute atomic E-state index is 5.93. The van der Waals surface area contributed by atoms with Gasteiger partial charge in [-0.2, -0.15) is 0 Å². The summed E-state index contributed by atoms with van der Waals surface area (Å²) in [5.41, 5.74) is 9.79. The standard InChI is InChI=1S/C11H17N.ClH/c1-4-11(12)10-6-8(2)5-9(3)7-10;/h5-7,11H,4,12H2,1-3H3;1H. The molecule has 2 N–H and O–H groups in total. The number of aryl methyl sites for hydroxylation is 2. The van der Waals surface area contributed by atoms with Crippen molar-refractivity contribution < 1.29 is 0 Å². The van der Waals surface area contributed by atoms with Crippen molar-refractivity contribution in [3.63, 3.8) is 0 Å². The minimum Gasteiger partial charge on any atom is -0.324 e. The fraction of sp³-hybridized carbons (Fsp3) is 0.455. The Hall–Kier alpha value is -0.530. The van der Waals surface area contributed by atoms with Crippen molar-refractivity contribution in [2.45, 2.75) is 33.2 Å². The third-order valence-electron chi connectivity index (χ3n) is 2.11. The van der Waals surface area contributed by atoms with E-state index < -0.39 is 0 Å². The Balaban J connectivity index is 0.00000144. The molecule has 0 aromatic heterocycles. The molecular formula is C11H18ClN. The van der Waals surface area contributed by atoms with Crippen LogP contribution in [-0.2, 0) is 0 Å². The van der Waals surface area contributed by atoms with Crippen LogP contribution in [0, 0.1) is 13.8 Å². The third-order valence-corrected chi connectivity index (χ3v) is 2.11. The highest BCUT2D eigenvalue weighted by Gasteiger charge is 2.03. The molecular weight excluding hydrogens is 182 g/mol. The highest BCUT2D eigenvalue weighted by atomic mass is 35.5. The smallest absolute Gasteiger partial charge is 0.0292 e. The van der Waals surface area contributed by atoms with Crippen molar-refractivity contribution in [2.24, 2.45) is 5.73 Å². The Morgan fingerprint density at radius 2 is 1.62 bits per heavy atom. The van der Waals surface area contributed by atoms with Crippen LogP contribution >= 0.6 is 12.4 Å². The number of nitrogens with two attached hydrogens (primary N) is 1. The van der Waals surface area contributed by atoms with Crippen LogP contribution in [0.2, 0.25) is 0 Å². The van der Waals surface area contributed by atoms with E-state index in [0.29, 0.717) is 0 Å². The molecule has 0 saturated heterocycles. The van der Waals surface area contributed by atoms with Crippen LogP contribution in [0.1, 0.15) is 36.1 Å². The molecule has 1 unspecified atom stereocenters. The number of halogens is 1. The molecule has 1 nitrogen and oxygen atoms in total. The molecule has 74 valence electrons. The fourth-order valence-corrected chi connectivity index (χ4v) is 1.46. The number of benzene rings is 1. The summed E-state index contributed by atoms with van der Waals surface area (Å²) >= 11 is 0. The highest BCUT2D eigenvalue weighted by molar-refractivity contribution is 5.85. The van der Waals surface area contributed by atoms with Crippen LogP contribution in [0.4, 0.5) is 0 Å². The van der Waals surface area contributed by atoms with Gasteiger partial charge in [0.25, 0.3) is 0 Å². The normalized spacial score (nSPS) is 12.0. The van der Waals surface area contributed by atoms with Crippen molar-refractivity contribution >= 4 is 12.4 Å². The van der Waals surface area contributed by atoms with E-state index in [4.69, 9.17) is 5.73 Å². The predicted molar refractivity (Wildman–Crippen MR) is 60.4 cm³/mol. The third kappa shape index (κ3) is 3.37. The molecule has 0 spiro atoms. The SMILES string of the molecule is CCC(N)c1cc(C)cc(C)c1.Cl. The second-order valence-corrected chi connectivity index (χ2v) is 3.44. The minimum absolute atomic E-state index is 0. The number of hydrogen-bond donors (Lipinski definition) is 1. The molecule has 1 rings (SSSR count). The highest BCUT2D eigenvalue weighted by Crippen LogP contribution is 2.16. The van der Waals surface area contributed by atoms with Crippen LogP contribution < -0.4 is 5.73 Å². The summed E-state index contributed by atoms with van der Waals surface area (Å²) in [5.74, 6) is 0. The molecule has 13 heavy (non-hydrogen) atoms. The zero-order chi connectivity index (χ0) is 9.14. The molecule has 0 amide bonds. The Morgan fingerprint density at radius 3 is 2.00 bits per heavy atom. The van der Waals surface area contributed by atoms with Gasteiger partial charge in [0, 0.05) is 6.04 Å². The van der Waals surface area contributed by atoms with Gasteiger partial charge in [0.1, 0.15) is 0 Å². The molecule has 0 aliphatic rings. The van der Waals surface area contributed by atoms with Crippen molar-refractivity contribution in [1.82, 2.24) is 0 Å². The first kappa shape index (κ1) is 12.5. The summed E-state index contributed by atoms with van der Waals surface area (Å²) in [6.07, 6.45) is 1.00. The lowest BCUT2D eigenvalue weighted by molar-refractivity contribution is 0.697. The van der Waals surface area contributed by atoms with Gasteiger partial charge in [-0.15, -0.1) is 12.4 Å². The van der Waals surface area contributed by atoms with Gasteiger partial charge >= 0.3 is 0 Å². The van der Waals surface area contributed by atoms with E-state index in [1.807, 2.05) is 0 Å². The van der Waals surface area contributed by atoms with Gasteiger partial charge in [-0.25, -0.2) is 0 Å². The lowest BCUT2D eigenvalue weighted by Gasteiger charge is -2.10. The van der Waals surface area contributed by atoms with Gasteiger partial charge in [-0.05, 0) is 25.8 Å². The molecule has 2 heteroatoms. The zero-order valence-corrected chi connectivity index (χ0v) is 9.32. The van der Waals surface area contributed by atoms with Crippen LogP contribution in [-0.4, -0.2) is 0 Å². The fourth-order valence-electron chi connectivity index (χ4n) is 1.46. The summed E-state index contributed by atoms with van der Waals surface area (Å²) in [4.78, 5) is 0. The molecule has 0 saturated carbocycles. The van der Waals surface area contributed by atoms with E-state index in [1.165, 1.54) is 16.7 Å². The van der Waals surface area contributed by atoms with Crippen LogP contribution in [0.25, 0.3) is 0 Å². The van der Waals surface area contributed by atoms with Crippen molar-refractivity contribution in [2.75, 3.05) is 0 Å². The minimum atomic E-state index is 0. The molecule has 1 aromatic carbocycles. The second kappa shape index (κ2) is 5.25. The lowest BCUT2D eigenvalue weighted by atomic mass is 10.0. The summed E-state index contributed by atoms with van der Waals surface area (Å²) in [6, 6.07) is 6.71. The van der Waals surface area contributed by atoms with Crippen LogP contribution in [0.3, 0.4) is 0 Å². The molecule has 0 fully saturated rings. The topological polar surface area (TPSA) is 26.0 Å². The average Bonchev–Trinajstić information content (AvgIpc) is 2.01. The van der Waals surface area contributed by atoms with E-state index in [1.54, 1.807) is 0 Å². The zero-order valence-electron chi connectivity index (χ0n) is 8.50. The van der Waals surface area contributed by atoms with Gasteiger partial charge in [-0.3, -0.25) is 0 Å². The summed E-state index contributed by atoms with van der Waals surface area (Å²) < 4.78 is 0. The molecule has 1 atom stereocenters. The van der Waals surface area contributed by atoms with E-state index in [-0.39, 0.29) is 18.4 Å². The van der Waals surface area contributed by atoms with Gasteiger partial charge in [0.15, 0.2) is 0 Å². The Labute approximate surface area is 86.7 Å². The monoisotopic (exact) mass is 199 g/mol. The van der Waals surface area contributed by atoms with Gasteiger partial charge in [-0.1, -0.05) is 36.2 Å². The first-order valence-corrected chi connectivity index (χ1v) is 4.47. The largest absolute Gasteiger partial charge is 0.324 e. The van der Waals surface area contributed by atoms with E-state index in [0.717, 1.165) is 6.42 Å². The lowest BCUT2D eigenvalue weighted by Crippen LogP contribution is -2.08. The number of hydrogen-bond acceptors (Lipinski definition) is 1. The maximum atomic E-state index is 5.93. The molecule has 1 aromatic rings. The molecule has 0 radical (unpaired) electrons. The Bertz CT molecular complexity index is 251. The number of rotatable bonds is 2. The molecule has 0 bridgehead atoms. The predicted octanol–water partition coefficient (Wildman–Crippen LogP) is 3.14. The quantitative estimate of drug-likeness (QED) is 0.778. The van der Waals surface area contributed by atoms with Crippen LogP contribution in [0.5, 0.6) is 0 Å². The van der Waals surface area contributed by atoms with Crippen LogP contribution in [0.15, 0.2) is 18.2 Å². The van der Waals surface area contributed by atoms with Crippen molar-refractivity contribution in [3.05, 3.63) is 34.9 Å². The Kier molecular flexibility index (Phi) is 5.04. The van der Waals surface area contributed by atoms with Gasteiger partial charge in [0.05, 0.1) is 0 Å². The maximum Gasteiger partial charge on any atom is 0.0292 e. The molecule has 0 aliphatic carbocycles. The second-order valence-electron chi connectivity index (χ2n) is 3.44. The van der Waals surface area contributed by atoms with Gasteiger partial charge in [0.2, 0.25) is 0 Å². The first-order chi connectivity index (χ1) is 5.63. The van der Waals surface area contributed by atoms with E-state index >= 15 is 0 Å². The summed E-state index contributed by atoms with van der Waals surface area (Å²) in [7, 11) is 0. The summed E-state index contributed by atoms with van der Waals surface area (Å²) in [6.45, 7) is 6.33.